The molecule has 0 heterocycles. The Bertz CT molecular complexity index is 310. The van der Waals surface area contributed by atoms with Crippen LogP contribution in [0.3, 0.4) is 0 Å². The van der Waals surface area contributed by atoms with E-state index in [9.17, 15) is 0 Å². The zero-order valence-corrected chi connectivity index (χ0v) is 10.3. The lowest BCUT2D eigenvalue weighted by Crippen LogP contribution is -2.06. The second-order valence-corrected chi connectivity index (χ2v) is 3.57. The lowest BCUT2D eigenvalue weighted by molar-refractivity contribution is 0.145. The van der Waals surface area contributed by atoms with E-state index in [1.807, 2.05) is 25.1 Å². The molecule has 0 aliphatic heterocycles. The van der Waals surface area contributed by atoms with Gasteiger partial charge in [0.15, 0.2) is 0 Å². The Morgan fingerprint density at radius 2 is 1.62 bits per heavy atom. The summed E-state index contributed by atoms with van der Waals surface area (Å²) in [6.07, 6.45) is 1.01. The SMILES string of the molecule is CCCOc1cccc(OCCOC)c1C. The van der Waals surface area contributed by atoms with E-state index < -0.39 is 0 Å². The van der Waals surface area contributed by atoms with Crippen LogP contribution in [0.2, 0.25) is 0 Å². The van der Waals surface area contributed by atoms with Crippen molar-refractivity contribution < 1.29 is 14.2 Å². The summed E-state index contributed by atoms with van der Waals surface area (Å²) in [4.78, 5) is 0. The summed E-state index contributed by atoms with van der Waals surface area (Å²) in [5.74, 6) is 1.77. The van der Waals surface area contributed by atoms with Crippen LogP contribution in [0.5, 0.6) is 11.5 Å². The summed E-state index contributed by atoms with van der Waals surface area (Å²) in [5, 5.41) is 0. The van der Waals surface area contributed by atoms with Crippen LogP contribution in [0, 0.1) is 6.92 Å². The molecule has 0 saturated carbocycles. The van der Waals surface area contributed by atoms with Crippen LogP contribution in [0.25, 0.3) is 0 Å². The fraction of sp³-hybridized carbons (Fsp3) is 0.538. The predicted octanol–water partition coefficient (Wildman–Crippen LogP) is 2.81. The normalized spacial score (nSPS) is 10.2. The van der Waals surface area contributed by atoms with E-state index in [0.29, 0.717) is 13.2 Å². The predicted molar refractivity (Wildman–Crippen MR) is 64.3 cm³/mol. The van der Waals surface area contributed by atoms with Crippen molar-refractivity contribution in [2.45, 2.75) is 20.3 Å². The molecule has 0 saturated heterocycles. The molecule has 0 aliphatic carbocycles. The highest BCUT2D eigenvalue weighted by atomic mass is 16.5. The van der Waals surface area contributed by atoms with Crippen LogP contribution in [0.1, 0.15) is 18.9 Å². The Morgan fingerprint density at radius 3 is 2.19 bits per heavy atom. The maximum absolute atomic E-state index is 5.62. The molecule has 0 bridgehead atoms. The van der Waals surface area contributed by atoms with Crippen LogP contribution in [0.15, 0.2) is 18.2 Å². The van der Waals surface area contributed by atoms with E-state index in [4.69, 9.17) is 14.2 Å². The average molecular weight is 224 g/mol. The van der Waals surface area contributed by atoms with E-state index in [1.165, 1.54) is 0 Å². The Hall–Kier alpha value is -1.22. The maximum atomic E-state index is 5.62. The van der Waals surface area contributed by atoms with Crippen molar-refractivity contribution in [3.63, 3.8) is 0 Å². The molecular formula is C13H20O3. The highest BCUT2D eigenvalue weighted by molar-refractivity contribution is 5.43. The summed E-state index contributed by atoms with van der Waals surface area (Å²) in [6.45, 7) is 6.00. The van der Waals surface area contributed by atoms with Crippen LogP contribution < -0.4 is 9.47 Å². The number of benzene rings is 1. The molecule has 16 heavy (non-hydrogen) atoms. The standard InChI is InChI=1S/C13H20O3/c1-4-8-15-12-6-5-7-13(11(12)2)16-10-9-14-3/h5-7H,4,8-10H2,1-3H3. The molecule has 1 rings (SSSR count). The van der Waals surface area contributed by atoms with Crippen molar-refractivity contribution in [1.29, 1.82) is 0 Å². The lowest BCUT2D eigenvalue weighted by atomic mass is 10.2. The zero-order chi connectivity index (χ0) is 11.8. The van der Waals surface area contributed by atoms with E-state index in [1.54, 1.807) is 7.11 Å². The van der Waals surface area contributed by atoms with Gasteiger partial charge in [-0.1, -0.05) is 13.0 Å². The second-order valence-electron chi connectivity index (χ2n) is 3.57. The summed E-state index contributed by atoms with van der Waals surface area (Å²) >= 11 is 0. The molecule has 0 N–H and O–H groups in total. The minimum Gasteiger partial charge on any atom is -0.493 e. The largest absolute Gasteiger partial charge is 0.493 e. The van der Waals surface area contributed by atoms with Gasteiger partial charge in [-0.15, -0.1) is 0 Å². The molecule has 0 spiro atoms. The topological polar surface area (TPSA) is 27.7 Å². The van der Waals surface area contributed by atoms with Crippen LogP contribution in [-0.2, 0) is 4.74 Å². The van der Waals surface area contributed by atoms with Gasteiger partial charge in [0.1, 0.15) is 18.1 Å². The quantitative estimate of drug-likeness (QED) is 0.666. The molecule has 0 amide bonds. The van der Waals surface area contributed by atoms with Gasteiger partial charge in [0, 0.05) is 12.7 Å². The van der Waals surface area contributed by atoms with Crippen molar-refractivity contribution >= 4 is 0 Å². The van der Waals surface area contributed by atoms with Gasteiger partial charge in [-0.2, -0.15) is 0 Å². The highest BCUT2D eigenvalue weighted by Crippen LogP contribution is 2.27. The Labute approximate surface area is 97.3 Å². The van der Waals surface area contributed by atoms with Gasteiger partial charge in [0.2, 0.25) is 0 Å². The van der Waals surface area contributed by atoms with Crippen molar-refractivity contribution in [3.8, 4) is 11.5 Å². The number of hydrogen-bond donors (Lipinski definition) is 0. The Balaban J connectivity index is 2.62. The molecule has 3 heteroatoms. The van der Waals surface area contributed by atoms with Gasteiger partial charge in [-0.3, -0.25) is 0 Å². The lowest BCUT2D eigenvalue weighted by Gasteiger charge is -2.13. The molecule has 1 aromatic rings. The molecule has 0 atom stereocenters. The Morgan fingerprint density at radius 1 is 1.00 bits per heavy atom. The average Bonchev–Trinajstić information content (AvgIpc) is 2.30. The van der Waals surface area contributed by atoms with Crippen molar-refractivity contribution in [2.75, 3.05) is 26.9 Å². The first-order valence-electron chi connectivity index (χ1n) is 5.63. The van der Waals surface area contributed by atoms with E-state index in [2.05, 4.69) is 6.92 Å². The third-order valence-electron chi connectivity index (χ3n) is 2.24. The van der Waals surface area contributed by atoms with Crippen molar-refractivity contribution in [1.82, 2.24) is 0 Å². The van der Waals surface area contributed by atoms with E-state index in [0.717, 1.165) is 30.1 Å². The summed E-state index contributed by atoms with van der Waals surface area (Å²) < 4.78 is 16.2. The molecule has 0 fully saturated rings. The van der Waals surface area contributed by atoms with Gasteiger partial charge < -0.3 is 14.2 Å². The van der Waals surface area contributed by atoms with Gasteiger partial charge >= 0.3 is 0 Å². The zero-order valence-electron chi connectivity index (χ0n) is 10.3. The fourth-order valence-electron chi connectivity index (χ4n) is 1.35. The third-order valence-corrected chi connectivity index (χ3v) is 2.24. The molecular weight excluding hydrogens is 204 g/mol. The summed E-state index contributed by atoms with van der Waals surface area (Å²) in [7, 11) is 1.66. The number of ether oxygens (including phenoxy) is 3. The second kappa shape index (κ2) is 7.12. The number of methoxy groups -OCH3 is 1. The minimum atomic E-state index is 0.564. The maximum Gasteiger partial charge on any atom is 0.126 e. The first kappa shape index (κ1) is 12.8. The molecule has 90 valence electrons. The van der Waals surface area contributed by atoms with E-state index in [-0.39, 0.29) is 0 Å². The molecule has 3 nitrogen and oxygen atoms in total. The first-order chi connectivity index (χ1) is 7.79. The Kier molecular flexibility index (Phi) is 5.72. The molecule has 1 aromatic carbocycles. The fourth-order valence-corrected chi connectivity index (χ4v) is 1.35. The van der Waals surface area contributed by atoms with Crippen LogP contribution in [0.4, 0.5) is 0 Å². The molecule has 0 aromatic heterocycles. The van der Waals surface area contributed by atoms with Gasteiger partial charge in [0.25, 0.3) is 0 Å². The monoisotopic (exact) mass is 224 g/mol. The van der Waals surface area contributed by atoms with Crippen LogP contribution in [-0.4, -0.2) is 26.9 Å². The molecule has 0 aliphatic rings. The summed E-state index contributed by atoms with van der Waals surface area (Å²) in [5.41, 5.74) is 1.05. The van der Waals surface area contributed by atoms with E-state index >= 15 is 0 Å². The van der Waals surface area contributed by atoms with Gasteiger partial charge in [0.05, 0.1) is 13.2 Å². The highest BCUT2D eigenvalue weighted by Gasteiger charge is 2.05. The number of rotatable bonds is 7. The van der Waals surface area contributed by atoms with Gasteiger partial charge in [-0.05, 0) is 25.5 Å². The summed E-state index contributed by atoms with van der Waals surface area (Å²) in [6, 6.07) is 5.86. The first-order valence-corrected chi connectivity index (χ1v) is 5.63. The number of hydrogen-bond acceptors (Lipinski definition) is 3. The molecule has 0 unspecified atom stereocenters. The van der Waals surface area contributed by atoms with Crippen LogP contribution >= 0.6 is 0 Å². The van der Waals surface area contributed by atoms with Gasteiger partial charge in [-0.25, -0.2) is 0 Å². The molecule has 0 radical (unpaired) electrons. The third kappa shape index (κ3) is 3.74. The van der Waals surface area contributed by atoms with Crippen molar-refractivity contribution in [3.05, 3.63) is 23.8 Å². The van der Waals surface area contributed by atoms with Crippen molar-refractivity contribution in [2.24, 2.45) is 0 Å². The smallest absolute Gasteiger partial charge is 0.126 e. The minimum absolute atomic E-state index is 0.564.